The van der Waals surface area contributed by atoms with Gasteiger partial charge < -0.3 is 5.32 Å². The molecule has 0 radical (unpaired) electrons. The van der Waals surface area contributed by atoms with E-state index in [0.29, 0.717) is 58.8 Å². The van der Waals surface area contributed by atoms with Crippen LogP contribution in [-0.4, -0.2) is 33.6 Å². The summed E-state index contributed by atoms with van der Waals surface area (Å²) in [5, 5.41) is 3.80. The molecule has 10 heteroatoms. The lowest BCUT2D eigenvalue weighted by Gasteiger charge is -2.27. The molecule has 0 spiro atoms. The summed E-state index contributed by atoms with van der Waals surface area (Å²) in [7, 11) is 0. The van der Waals surface area contributed by atoms with Gasteiger partial charge in [-0.1, -0.05) is 35.9 Å². The molecule has 4 aromatic rings. The Kier molecular flexibility index (Phi) is 7.23. The van der Waals surface area contributed by atoms with Gasteiger partial charge in [0, 0.05) is 54.9 Å². The van der Waals surface area contributed by atoms with E-state index in [2.05, 4.69) is 15.2 Å². The van der Waals surface area contributed by atoms with Crippen molar-refractivity contribution in [2.75, 3.05) is 13.1 Å². The zero-order valence-electron chi connectivity index (χ0n) is 20.1. The molecule has 1 aliphatic rings. The average Bonchev–Trinajstić information content (AvgIpc) is 3.21. The number of amides is 1. The number of nitrogens with zero attached hydrogens (tertiary/aromatic N) is 3. The second-order valence-electron chi connectivity index (χ2n) is 9.07. The first kappa shape index (κ1) is 25.9. The number of pyridine rings is 1. The number of hydrogen-bond acceptors (Lipinski definition) is 3. The molecule has 0 aliphatic carbocycles. The van der Waals surface area contributed by atoms with Crippen molar-refractivity contribution in [3.05, 3.63) is 106 Å². The van der Waals surface area contributed by atoms with Gasteiger partial charge >= 0.3 is 12.2 Å². The largest absolute Gasteiger partial charge is 0.416 e. The van der Waals surface area contributed by atoms with Crippen molar-refractivity contribution in [3.63, 3.8) is 0 Å². The summed E-state index contributed by atoms with van der Waals surface area (Å²) < 4.78 is 55.5. The van der Waals surface area contributed by atoms with E-state index in [1.807, 2.05) is 24.3 Å². The maximum Gasteiger partial charge on any atom is 0.416 e. The van der Waals surface area contributed by atoms with E-state index in [9.17, 15) is 22.4 Å². The third kappa shape index (κ3) is 5.58. The smallest absolute Gasteiger partial charge is 0.333 e. The maximum atomic E-state index is 13.5. The first-order chi connectivity index (χ1) is 18.2. The molecule has 38 heavy (non-hydrogen) atoms. The lowest BCUT2D eigenvalue weighted by Crippen LogP contribution is -2.34. The van der Waals surface area contributed by atoms with E-state index in [1.54, 1.807) is 18.2 Å². The number of hydrogen-bond donors (Lipinski definition) is 1. The van der Waals surface area contributed by atoms with Crippen molar-refractivity contribution in [1.82, 2.24) is 19.8 Å². The normalized spacial score (nSPS) is 14.2. The molecule has 5 nitrogen and oxygen atoms in total. The van der Waals surface area contributed by atoms with Crippen LogP contribution >= 0.6 is 11.6 Å². The molecule has 0 unspecified atom stereocenters. The number of alkyl halides is 3. The first-order valence-corrected chi connectivity index (χ1v) is 12.3. The number of aromatic nitrogens is 2. The topological polar surface area (TPSA) is 50.2 Å². The quantitative estimate of drug-likeness (QED) is 0.226. The van der Waals surface area contributed by atoms with Crippen LogP contribution in [0.3, 0.4) is 0 Å². The maximum absolute atomic E-state index is 13.5. The van der Waals surface area contributed by atoms with Crippen molar-refractivity contribution in [1.29, 1.82) is 0 Å². The summed E-state index contributed by atoms with van der Waals surface area (Å²) in [6.45, 7) is 1.67. The van der Waals surface area contributed by atoms with E-state index < -0.39 is 23.7 Å². The number of carbonyl (C=O) groups excluding carboxylic acids is 1. The Labute approximate surface area is 221 Å². The highest BCUT2D eigenvalue weighted by Gasteiger charge is 2.33. The third-order valence-electron chi connectivity index (χ3n) is 6.54. The van der Waals surface area contributed by atoms with Gasteiger partial charge in [0.1, 0.15) is 0 Å². The number of halogens is 5. The predicted molar refractivity (Wildman–Crippen MR) is 138 cm³/mol. The molecule has 1 amide bonds. The van der Waals surface area contributed by atoms with Gasteiger partial charge in [-0.2, -0.15) is 17.6 Å². The molecule has 196 valence electrons. The minimum absolute atomic E-state index is 0.0506. The van der Waals surface area contributed by atoms with Gasteiger partial charge in [0.25, 0.3) is 0 Å². The van der Waals surface area contributed by atoms with Crippen LogP contribution in [0.25, 0.3) is 17.0 Å². The van der Waals surface area contributed by atoms with Gasteiger partial charge in [-0.3, -0.25) is 9.47 Å². The van der Waals surface area contributed by atoms with Gasteiger partial charge in [0.05, 0.1) is 11.1 Å². The zero-order valence-corrected chi connectivity index (χ0v) is 20.9. The standard InChI is InChI=1S/C28H23ClF4N4O/c29-21-6-3-18(4-7-21)2-1-12-36-13-10-25-23(17-36)22-15-20(28(31,32)33)5-8-24(22)37(25)27(38)35-16-19-9-11-34-26(30)14-19/h1-9,11,14-15H,10,12-13,16-17H2,(H,35,38). The first-order valence-electron chi connectivity index (χ1n) is 12.0. The molecule has 5 rings (SSSR count). The molecule has 0 fully saturated rings. The molecule has 1 aliphatic heterocycles. The fourth-order valence-corrected chi connectivity index (χ4v) is 4.83. The fourth-order valence-electron chi connectivity index (χ4n) is 4.70. The van der Waals surface area contributed by atoms with Crippen LogP contribution in [0.4, 0.5) is 22.4 Å². The molecule has 0 atom stereocenters. The highest BCUT2D eigenvalue weighted by Crippen LogP contribution is 2.36. The predicted octanol–water partition coefficient (Wildman–Crippen LogP) is 6.68. The molecular formula is C28H23ClF4N4O. The number of nitrogens with one attached hydrogen (secondary N) is 1. The molecule has 0 bridgehead atoms. The van der Waals surface area contributed by atoms with Gasteiger partial charge in [-0.25, -0.2) is 9.78 Å². The van der Waals surface area contributed by atoms with E-state index >= 15 is 0 Å². The second kappa shape index (κ2) is 10.6. The fraction of sp³-hybridized carbons (Fsp3) is 0.214. The van der Waals surface area contributed by atoms with Crippen LogP contribution in [-0.2, 0) is 25.7 Å². The van der Waals surface area contributed by atoms with Crippen molar-refractivity contribution in [2.45, 2.75) is 25.7 Å². The molecule has 3 heterocycles. The van der Waals surface area contributed by atoms with E-state index in [1.165, 1.54) is 22.9 Å². The van der Waals surface area contributed by atoms with Gasteiger partial charge in [0.15, 0.2) is 0 Å². The Morgan fingerprint density at radius 1 is 1.11 bits per heavy atom. The summed E-state index contributed by atoms with van der Waals surface area (Å²) in [5.74, 6) is -0.662. The Morgan fingerprint density at radius 2 is 1.89 bits per heavy atom. The SMILES string of the molecule is O=C(NCc1ccnc(F)c1)n1c2c(c3cc(C(F)(F)F)ccc31)CN(CC=Cc1ccc(Cl)cc1)CC2. The third-order valence-corrected chi connectivity index (χ3v) is 6.79. The minimum atomic E-state index is -4.51. The van der Waals surface area contributed by atoms with E-state index in [4.69, 9.17) is 11.6 Å². The van der Waals surface area contributed by atoms with Crippen LogP contribution in [0.1, 0.15) is 27.9 Å². The molecule has 1 N–H and O–H groups in total. The van der Waals surface area contributed by atoms with Gasteiger partial charge in [-0.15, -0.1) is 0 Å². The monoisotopic (exact) mass is 542 g/mol. The summed E-state index contributed by atoms with van der Waals surface area (Å²) in [4.78, 5) is 18.9. The van der Waals surface area contributed by atoms with Crippen molar-refractivity contribution < 1.29 is 22.4 Å². The molecular weight excluding hydrogens is 520 g/mol. The van der Waals surface area contributed by atoms with Crippen molar-refractivity contribution in [2.24, 2.45) is 0 Å². The number of rotatable bonds is 5. The van der Waals surface area contributed by atoms with Gasteiger partial charge in [-0.05, 0) is 59.2 Å². The lowest BCUT2D eigenvalue weighted by atomic mass is 10.0. The van der Waals surface area contributed by atoms with Crippen LogP contribution in [0.5, 0.6) is 0 Å². The van der Waals surface area contributed by atoms with E-state index in [0.717, 1.165) is 17.7 Å². The Balaban J connectivity index is 1.43. The lowest BCUT2D eigenvalue weighted by molar-refractivity contribution is -0.137. The Bertz CT molecular complexity index is 1510. The molecule has 2 aromatic carbocycles. The summed E-state index contributed by atoms with van der Waals surface area (Å²) in [6, 6.07) is 13.2. The molecule has 0 saturated carbocycles. The van der Waals surface area contributed by atoms with Crippen molar-refractivity contribution >= 4 is 34.6 Å². The summed E-state index contributed by atoms with van der Waals surface area (Å²) >= 11 is 5.93. The highest BCUT2D eigenvalue weighted by molar-refractivity contribution is 6.30. The summed E-state index contributed by atoms with van der Waals surface area (Å²) in [5.41, 5.74) is 2.52. The Morgan fingerprint density at radius 3 is 2.63 bits per heavy atom. The number of benzene rings is 2. The Hall–Kier alpha value is -3.69. The zero-order chi connectivity index (χ0) is 26.9. The number of fused-ring (bicyclic) bond motifs is 3. The van der Waals surface area contributed by atoms with Crippen LogP contribution in [0, 0.1) is 5.95 Å². The minimum Gasteiger partial charge on any atom is -0.333 e. The van der Waals surface area contributed by atoms with Crippen LogP contribution < -0.4 is 5.32 Å². The second-order valence-corrected chi connectivity index (χ2v) is 9.51. The number of carbonyl (C=O) groups is 1. The summed E-state index contributed by atoms with van der Waals surface area (Å²) in [6.07, 6.45) is 1.24. The average molecular weight is 543 g/mol. The van der Waals surface area contributed by atoms with Crippen molar-refractivity contribution in [3.8, 4) is 0 Å². The van der Waals surface area contributed by atoms with E-state index in [-0.39, 0.29) is 6.54 Å². The highest BCUT2D eigenvalue weighted by atomic mass is 35.5. The van der Waals surface area contributed by atoms with Gasteiger partial charge in [0.2, 0.25) is 5.95 Å². The van der Waals surface area contributed by atoms with Crippen LogP contribution in [0.15, 0.2) is 66.9 Å². The van der Waals surface area contributed by atoms with Crippen LogP contribution in [0.2, 0.25) is 5.02 Å². The molecule has 2 aromatic heterocycles. The molecule has 0 saturated heterocycles.